The van der Waals surface area contributed by atoms with E-state index in [1.165, 1.54) is 24.0 Å². The largest absolute Gasteiger partial charge is 0.341 e. The molecule has 0 aliphatic rings. The Balaban J connectivity index is 1.92. The van der Waals surface area contributed by atoms with Crippen molar-refractivity contribution in [1.29, 1.82) is 0 Å². The summed E-state index contributed by atoms with van der Waals surface area (Å²) >= 11 is 0. The van der Waals surface area contributed by atoms with Crippen LogP contribution >= 0.6 is 0 Å². The van der Waals surface area contributed by atoms with Gasteiger partial charge in [0.25, 0.3) is 0 Å². The summed E-state index contributed by atoms with van der Waals surface area (Å²) < 4.78 is 40.8. The fourth-order valence-electron chi connectivity index (χ4n) is 2.56. The van der Waals surface area contributed by atoms with E-state index in [9.17, 15) is 17.6 Å². The molecule has 0 aliphatic heterocycles. The number of amides is 1. The summed E-state index contributed by atoms with van der Waals surface area (Å²) in [5, 5.41) is 0. The monoisotopic (exact) mass is 378 g/mol. The zero-order valence-electron chi connectivity index (χ0n) is 14.9. The maximum Gasteiger partial charge on any atom is 0.240 e. The summed E-state index contributed by atoms with van der Waals surface area (Å²) in [7, 11) is -3.63. The smallest absolute Gasteiger partial charge is 0.240 e. The topological polar surface area (TPSA) is 66.5 Å². The maximum absolute atomic E-state index is 13.7. The van der Waals surface area contributed by atoms with Crippen LogP contribution in [0.4, 0.5) is 4.39 Å². The first kappa shape index (κ1) is 20.1. The molecule has 140 valence electrons. The number of sulfonamides is 1. The number of nitrogens with one attached hydrogen (secondary N) is 1. The molecule has 2 aromatic rings. The highest BCUT2D eigenvalue weighted by molar-refractivity contribution is 7.89. The number of halogens is 1. The normalized spacial score (nSPS) is 11.3. The van der Waals surface area contributed by atoms with Crippen LogP contribution in [0.5, 0.6) is 0 Å². The SMILES string of the molecule is CC(=O)N(CCNS(=O)(=O)c1cccc(C)c1)CCc1ccccc1F. The molecule has 0 bridgehead atoms. The molecule has 0 radical (unpaired) electrons. The van der Waals surface area contributed by atoms with Gasteiger partial charge in [-0.15, -0.1) is 0 Å². The molecule has 26 heavy (non-hydrogen) atoms. The van der Waals surface area contributed by atoms with Crippen LogP contribution in [0.3, 0.4) is 0 Å². The molecule has 2 rings (SSSR count). The van der Waals surface area contributed by atoms with Crippen LogP contribution in [0.15, 0.2) is 53.4 Å². The third-order valence-electron chi connectivity index (χ3n) is 4.03. The minimum absolute atomic E-state index is 0.0904. The van der Waals surface area contributed by atoms with E-state index in [2.05, 4.69) is 4.72 Å². The van der Waals surface area contributed by atoms with Crippen molar-refractivity contribution in [3.8, 4) is 0 Å². The van der Waals surface area contributed by atoms with Crippen LogP contribution in [0.1, 0.15) is 18.1 Å². The minimum atomic E-state index is -3.63. The van der Waals surface area contributed by atoms with Crippen molar-refractivity contribution < 1.29 is 17.6 Å². The summed E-state index contributed by atoms with van der Waals surface area (Å²) in [4.78, 5) is 13.5. The van der Waals surface area contributed by atoms with Gasteiger partial charge in [-0.3, -0.25) is 4.79 Å². The fourth-order valence-corrected chi connectivity index (χ4v) is 3.69. The van der Waals surface area contributed by atoms with Gasteiger partial charge in [0, 0.05) is 26.6 Å². The number of nitrogens with zero attached hydrogens (tertiary/aromatic N) is 1. The van der Waals surface area contributed by atoms with E-state index >= 15 is 0 Å². The first-order valence-corrected chi connectivity index (χ1v) is 9.83. The van der Waals surface area contributed by atoms with Gasteiger partial charge in [-0.1, -0.05) is 30.3 Å². The van der Waals surface area contributed by atoms with Gasteiger partial charge in [-0.2, -0.15) is 0 Å². The lowest BCUT2D eigenvalue weighted by Crippen LogP contribution is -2.38. The Morgan fingerprint density at radius 1 is 1.12 bits per heavy atom. The first-order chi connectivity index (χ1) is 12.3. The zero-order valence-corrected chi connectivity index (χ0v) is 15.7. The lowest BCUT2D eigenvalue weighted by Gasteiger charge is -2.21. The second kappa shape index (κ2) is 8.91. The summed E-state index contributed by atoms with van der Waals surface area (Å²) in [5.74, 6) is -0.493. The predicted molar refractivity (Wildman–Crippen MR) is 98.7 cm³/mol. The van der Waals surface area contributed by atoms with Gasteiger partial charge in [-0.05, 0) is 42.7 Å². The Morgan fingerprint density at radius 2 is 1.85 bits per heavy atom. The van der Waals surface area contributed by atoms with Crippen molar-refractivity contribution in [1.82, 2.24) is 9.62 Å². The molecule has 0 fully saturated rings. The summed E-state index contributed by atoms with van der Waals surface area (Å²) in [6.45, 7) is 3.86. The van der Waals surface area contributed by atoms with E-state index in [1.807, 2.05) is 13.0 Å². The molecule has 0 unspecified atom stereocenters. The van der Waals surface area contributed by atoms with E-state index < -0.39 is 10.0 Å². The summed E-state index contributed by atoms with van der Waals surface area (Å²) in [6, 6.07) is 13.0. The lowest BCUT2D eigenvalue weighted by atomic mass is 10.1. The Bertz CT molecular complexity index is 869. The summed E-state index contributed by atoms with van der Waals surface area (Å²) in [5.41, 5.74) is 1.38. The molecule has 0 aliphatic carbocycles. The number of rotatable bonds is 8. The Morgan fingerprint density at radius 3 is 2.50 bits per heavy atom. The Kier molecular flexibility index (Phi) is 6.88. The molecule has 1 amide bonds. The molecular formula is C19H23FN2O3S. The predicted octanol–water partition coefficient (Wildman–Crippen LogP) is 2.50. The molecule has 0 aromatic heterocycles. The molecular weight excluding hydrogens is 355 g/mol. The minimum Gasteiger partial charge on any atom is -0.341 e. The lowest BCUT2D eigenvalue weighted by molar-refractivity contribution is -0.128. The third-order valence-corrected chi connectivity index (χ3v) is 5.49. The molecule has 2 aromatic carbocycles. The van der Waals surface area contributed by atoms with Crippen LogP contribution in [-0.4, -0.2) is 38.9 Å². The van der Waals surface area contributed by atoms with Gasteiger partial charge in [0.2, 0.25) is 15.9 Å². The molecule has 5 nitrogen and oxygen atoms in total. The van der Waals surface area contributed by atoms with Crippen LogP contribution in [0, 0.1) is 12.7 Å². The number of carbonyl (C=O) groups excluding carboxylic acids is 1. The molecule has 0 spiro atoms. The molecule has 0 heterocycles. The van der Waals surface area contributed by atoms with Gasteiger partial charge in [-0.25, -0.2) is 17.5 Å². The second-order valence-electron chi connectivity index (χ2n) is 6.06. The molecule has 0 saturated heterocycles. The highest BCUT2D eigenvalue weighted by atomic mass is 32.2. The van der Waals surface area contributed by atoms with Crippen LogP contribution in [0.2, 0.25) is 0 Å². The van der Waals surface area contributed by atoms with Gasteiger partial charge in [0.05, 0.1) is 4.90 Å². The van der Waals surface area contributed by atoms with Gasteiger partial charge in [0.1, 0.15) is 5.82 Å². The maximum atomic E-state index is 13.7. The van der Waals surface area contributed by atoms with E-state index in [-0.39, 0.29) is 29.7 Å². The van der Waals surface area contributed by atoms with Crippen LogP contribution in [0.25, 0.3) is 0 Å². The van der Waals surface area contributed by atoms with Gasteiger partial charge in [0.15, 0.2) is 0 Å². The van der Waals surface area contributed by atoms with Crippen molar-refractivity contribution in [2.24, 2.45) is 0 Å². The van der Waals surface area contributed by atoms with Crippen LogP contribution in [-0.2, 0) is 21.2 Å². The standard InChI is InChI=1S/C19H23FN2O3S/c1-15-6-5-8-18(14-15)26(24,25)21-11-13-22(16(2)23)12-10-17-7-3-4-9-19(17)20/h3-9,14,21H,10-13H2,1-2H3. The van der Waals surface area contributed by atoms with Crippen molar-refractivity contribution in [3.63, 3.8) is 0 Å². The van der Waals surface area contributed by atoms with E-state index in [0.29, 0.717) is 18.5 Å². The van der Waals surface area contributed by atoms with Crippen molar-refractivity contribution >= 4 is 15.9 Å². The number of aryl methyl sites for hydroxylation is 1. The molecule has 0 atom stereocenters. The van der Waals surface area contributed by atoms with Gasteiger partial charge < -0.3 is 4.90 Å². The molecule has 1 N–H and O–H groups in total. The highest BCUT2D eigenvalue weighted by Crippen LogP contribution is 2.11. The fraction of sp³-hybridized carbons (Fsp3) is 0.316. The van der Waals surface area contributed by atoms with Crippen LogP contribution < -0.4 is 4.72 Å². The first-order valence-electron chi connectivity index (χ1n) is 8.35. The third kappa shape index (κ3) is 5.64. The van der Waals surface area contributed by atoms with E-state index in [4.69, 9.17) is 0 Å². The summed E-state index contributed by atoms with van der Waals surface area (Å²) in [6.07, 6.45) is 0.372. The Labute approximate surface area is 153 Å². The van der Waals surface area contributed by atoms with Gasteiger partial charge >= 0.3 is 0 Å². The number of benzene rings is 2. The average Bonchev–Trinajstić information content (AvgIpc) is 2.59. The highest BCUT2D eigenvalue weighted by Gasteiger charge is 2.15. The van der Waals surface area contributed by atoms with Crippen molar-refractivity contribution in [2.45, 2.75) is 25.2 Å². The number of carbonyl (C=O) groups is 1. The van der Waals surface area contributed by atoms with E-state index in [0.717, 1.165) is 5.56 Å². The zero-order chi connectivity index (χ0) is 19.2. The quantitative estimate of drug-likeness (QED) is 0.768. The Hall–Kier alpha value is -2.25. The van der Waals surface area contributed by atoms with E-state index in [1.54, 1.807) is 30.3 Å². The average molecular weight is 378 g/mol. The number of hydrogen-bond donors (Lipinski definition) is 1. The van der Waals surface area contributed by atoms with Crippen molar-refractivity contribution in [2.75, 3.05) is 19.6 Å². The molecule has 0 saturated carbocycles. The van der Waals surface area contributed by atoms with Crippen molar-refractivity contribution in [3.05, 3.63) is 65.5 Å². The molecule has 7 heteroatoms. The second-order valence-corrected chi connectivity index (χ2v) is 7.83. The number of hydrogen-bond acceptors (Lipinski definition) is 3.